The molecule has 112 valence electrons. The molecule has 2 saturated heterocycles. The van der Waals surface area contributed by atoms with Gasteiger partial charge < -0.3 is 9.80 Å². The van der Waals surface area contributed by atoms with Gasteiger partial charge in [-0.3, -0.25) is 9.59 Å². The van der Waals surface area contributed by atoms with Crippen molar-refractivity contribution in [1.82, 2.24) is 9.80 Å². The molecule has 1 atom stereocenters. The fourth-order valence-electron chi connectivity index (χ4n) is 2.56. The lowest BCUT2D eigenvalue weighted by molar-refractivity contribution is -0.142. The zero-order valence-corrected chi connectivity index (χ0v) is 13.4. The van der Waals surface area contributed by atoms with Crippen molar-refractivity contribution in [3.63, 3.8) is 0 Å². The standard InChI is InChI=1S/C15H18N2O2S2/c18-14(8-12-4-2-1-3-5-12)17-11-21-9-13(17)15(19)16-6-7-20-10-16/h1-5,13H,6-11H2/t13-/m0/s1. The molecule has 0 saturated carbocycles. The highest BCUT2D eigenvalue weighted by Gasteiger charge is 2.37. The highest BCUT2D eigenvalue weighted by atomic mass is 32.2. The molecular weight excluding hydrogens is 304 g/mol. The predicted molar refractivity (Wildman–Crippen MR) is 87.1 cm³/mol. The second kappa shape index (κ2) is 6.75. The first-order chi connectivity index (χ1) is 10.3. The average molecular weight is 322 g/mol. The number of hydrogen-bond donors (Lipinski definition) is 0. The van der Waals surface area contributed by atoms with Gasteiger partial charge in [0.05, 0.1) is 18.2 Å². The fraction of sp³-hybridized carbons (Fsp3) is 0.467. The van der Waals surface area contributed by atoms with Crippen LogP contribution >= 0.6 is 23.5 Å². The van der Waals surface area contributed by atoms with Crippen molar-refractivity contribution in [2.75, 3.05) is 29.8 Å². The Morgan fingerprint density at radius 1 is 1.14 bits per heavy atom. The minimum atomic E-state index is -0.273. The molecule has 0 radical (unpaired) electrons. The molecule has 6 heteroatoms. The number of nitrogens with zero attached hydrogens (tertiary/aromatic N) is 2. The highest BCUT2D eigenvalue weighted by Crippen LogP contribution is 2.25. The van der Waals surface area contributed by atoms with E-state index in [4.69, 9.17) is 0 Å². The monoisotopic (exact) mass is 322 g/mol. The predicted octanol–water partition coefficient (Wildman–Crippen LogP) is 1.66. The summed E-state index contributed by atoms with van der Waals surface area (Å²) < 4.78 is 0. The second-order valence-electron chi connectivity index (χ2n) is 5.18. The summed E-state index contributed by atoms with van der Waals surface area (Å²) in [7, 11) is 0. The van der Waals surface area contributed by atoms with Gasteiger partial charge in [0, 0.05) is 18.1 Å². The van der Waals surface area contributed by atoms with Crippen molar-refractivity contribution >= 4 is 35.3 Å². The van der Waals surface area contributed by atoms with Crippen molar-refractivity contribution in [2.45, 2.75) is 12.5 Å². The van der Waals surface area contributed by atoms with E-state index in [0.29, 0.717) is 12.3 Å². The van der Waals surface area contributed by atoms with E-state index in [1.165, 1.54) is 0 Å². The van der Waals surface area contributed by atoms with Gasteiger partial charge in [0.25, 0.3) is 0 Å². The topological polar surface area (TPSA) is 40.6 Å². The third-order valence-corrected chi connectivity index (χ3v) is 5.73. The van der Waals surface area contributed by atoms with E-state index in [1.54, 1.807) is 28.4 Å². The molecule has 2 aliphatic heterocycles. The van der Waals surface area contributed by atoms with Crippen LogP contribution in [0.5, 0.6) is 0 Å². The molecule has 0 aromatic heterocycles. The zero-order chi connectivity index (χ0) is 14.7. The van der Waals surface area contributed by atoms with Crippen molar-refractivity contribution in [3.05, 3.63) is 35.9 Å². The molecule has 0 aliphatic carbocycles. The Morgan fingerprint density at radius 2 is 1.95 bits per heavy atom. The van der Waals surface area contributed by atoms with E-state index in [0.717, 1.165) is 29.5 Å². The quantitative estimate of drug-likeness (QED) is 0.849. The molecule has 2 aliphatic rings. The maximum Gasteiger partial charge on any atom is 0.246 e. The van der Waals surface area contributed by atoms with Crippen LogP contribution in [-0.4, -0.2) is 57.5 Å². The third-order valence-electron chi connectivity index (χ3n) is 3.75. The fourth-order valence-corrected chi connectivity index (χ4v) is 4.69. The lowest BCUT2D eigenvalue weighted by atomic mass is 10.1. The summed E-state index contributed by atoms with van der Waals surface area (Å²) in [5.41, 5.74) is 1.00. The van der Waals surface area contributed by atoms with Crippen LogP contribution < -0.4 is 0 Å². The largest absolute Gasteiger partial charge is 0.331 e. The Kier molecular flexibility index (Phi) is 4.75. The minimum Gasteiger partial charge on any atom is -0.331 e. The van der Waals surface area contributed by atoms with Crippen LogP contribution in [0.4, 0.5) is 0 Å². The van der Waals surface area contributed by atoms with E-state index in [-0.39, 0.29) is 17.9 Å². The lowest BCUT2D eigenvalue weighted by Crippen LogP contribution is -2.48. The van der Waals surface area contributed by atoms with E-state index >= 15 is 0 Å². The van der Waals surface area contributed by atoms with E-state index in [1.807, 2.05) is 35.2 Å². The summed E-state index contributed by atoms with van der Waals surface area (Å²) in [6.45, 7) is 0.811. The molecule has 1 aromatic rings. The molecule has 0 spiro atoms. The molecule has 2 fully saturated rings. The molecule has 0 bridgehead atoms. The van der Waals surface area contributed by atoms with Crippen LogP contribution in [-0.2, 0) is 16.0 Å². The number of rotatable bonds is 3. The van der Waals surface area contributed by atoms with Crippen LogP contribution in [0.25, 0.3) is 0 Å². The summed E-state index contributed by atoms with van der Waals surface area (Å²) >= 11 is 3.44. The molecule has 1 aromatic carbocycles. The van der Waals surface area contributed by atoms with Gasteiger partial charge in [-0.1, -0.05) is 30.3 Å². The molecule has 2 heterocycles. The second-order valence-corrected chi connectivity index (χ2v) is 7.26. The first kappa shape index (κ1) is 14.8. The van der Waals surface area contributed by atoms with Gasteiger partial charge in [0.2, 0.25) is 11.8 Å². The number of amides is 2. The average Bonchev–Trinajstić information content (AvgIpc) is 3.19. The van der Waals surface area contributed by atoms with Gasteiger partial charge in [0.15, 0.2) is 0 Å². The van der Waals surface area contributed by atoms with E-state index < -0.39 is 0 Å². The molecular formula is C15H18N2O2S2. The maximum atomic E-state index is 12.5. The number of carbonyl (C=O) groups excluding carboxylic acids is 2. The van der Waals surface area contributed by atoms with E-state index in [2.05, 4.69) is 0 Å². The van der Waals surface area contributed by atoms with Crippen molar-refractivity contribution < 1.29 is 9.59 Å². The number of carbonyl (C=O) groups is 2. The first-order valence-electron chi connectivity index (χ1n) is 7.03. The van der Waals surface area contributed by atoms with Gasteiger partial charge >= 0.3 is 0 Å². The van der Waals surface area contributed by atoms with Crippen LogP contribution in [0.2, 0.25) is 0 Å². The maximum absolute atomic E-state index is 12.5. The number of thioether (sulfide) groups is 2. The molecule has 4 nitrogen and oxygen atoms in total. The smallest absolute Gasteiger partial charge is 0.246 e. The van der Waals surface area contributed by atoms with Crippen LogP contribution in [0.1, 0.15) is 5.56 Å². The number of hydrogen-bond acceptors (Lipinski definition) is 4. The minimum absolute atomic E-state index is 0.0522. The summed E-state index contributed by atoms with van der Waals surface area (Å²) in [6, 6.07) is 9.45. The Morgan fingerprint density at radius 3 is 2.67 bits per heavy atom. The summed E-state index contributed by atoms with van der Waals surface area (Å²) in [4.78, 5) is 28.6. The van der Waals surface area contributed by atoms with Gasteiger partial charge in [-0.25, -0.2) is 0 Å². The number of benzene rings is 1. The summed E-state index contributed by atoms with van der Waals surface area (Å²) in [5.74, 6) is 3.29. The first-order valence-corrected chi connectivity index (χ1v) is 9.34. The molecule has 21 heavy (non-hydrogen) atoms. The summed E-state index contributed by atoms with van der Waals surface area (Å²) in [5, 5.41) is 0. The summed E-state index contributed by atoms with van der Waals surface area (Å²) in [6.07, 6.45) is 0.375. The Labute approximate surface area is 133 Å². The van der Waals surface area contributed by atoms with Crippen LogP contribution in [0, 0.1) is 0 Å². The SMILES string of the molecule is O=C([C@@H]1CSCN1C(=O)Cc1ccccc1)N1CCSC1. The van der Waals surface area contributed by atoms with Gasteiger partial charge in [-0.05, 0) is 5.56 Å². The Hall–Kier alpha value is -1.14. The van der Waals surface area contributed by atoms with Gasteiger partial charge in [-0.15, -0.1) is 23.5 Å². The normalized spacial score (nSPS) is 21.8. The van der Waals surface area contributed by atoms with Crippen LogP contribution in [0.15, 0.2) is 30.3 Å². The van der Waals surface area contributed by atoms with Crippen molar-refractivity contribution in [1.29, 1.82) is 0 Å². The Balaban J connectivity index is 1.65. The molecule has 0 unspecified atom stereocenters. The highest BCUT2D eigenvalue weighted by molar-refractivity contribution is 7.99. The molecule has 3 rings (SSSR count). The third kappa shape index (κ3) is 3.37. The Bertz CT molecular complexity index is 518. The molecule has 0 N–H and O–H groups in total. The van der Waals surface area contributed by atoms with Gasteiger partial charge in [0.1, 0.15) is 6.04 Å². The molecule has 2 amide bonds. The van der Waals surface area contributed by atoms with Crippen molar-refractivity contribution in [2.24, 2.45) is 0 Å². The van der Waals surface area contributed by atoms with Crippen LogP contribution in [0.3, 0.4) is 0 Å². The van der Waals surface area contributed by atoms with Crippen molar-refractivity contribution in [3.8, 4) is 0 Å². The lowest BCUT2D eigenvalue weighted by Gasteiger charge is -2.26. The zero-order valence-electron chi connectivity index (χ0n) is 11.7. The van der Waals surface area contributed by atoms with E-state index in [9.17, 15) is 9.59 Å². The van der Waals surface area contributed by atoms with Gasteiger partial charge in [-0.2, -0.15) is 0 Å².